The Morgan fingerprint density at radius 3 is 2.36 bits per heavy atom. The van der Waals surface area contributed by atoms with E-state index in [1.807, 2.05) is 45.9 Å². The molecule has 1 rings (SSSR count). The van der Waals surface area contributed by atoms with Gasteiger partial charge in [-0.2, -0.15) is 0 Å². The lowest BCUT2D eigenvalue weighted by Gasteiger charge is -2.21. The Kier molecular flexibility index (Phi) is 7.91. The zero-order valence-corrected chi connectivity index (χ0v) is 15.7. The van der Waals surface area contributed by atoms with Gasteiger partial charge in [0.1, 0.15) is 0 Å². The van der Waals surface area contributed by atoms with Gasteiger partial charge in [-0.05, 0) is 39.8 Å². The minimum Gasteiger partial charge on any atom is -0.355 e. The first kappa shape index (κ1) is 20.5. The van der Waals surface area contributed by atoms with Gasteiger partial charge in [0.15, 0.2) is 5.96 Å². The molecule has 7 nitrogen and oxygen atoms in total. The van der Waals surface area contributed by atoms with Crippen LogP contribution >= 0.6 is 0 Å². The van der Waals surface area contributed by atoms with E-state index in [1.54, 1.807) is 13.1 Å². The molecule has 0 saturated heterocycles. The van der Waals surface area contributed by atoms with Crippen molar-refractivity contribution in [3.63, 3.8) is 0 Å². The first-order valence-corrected chi connectivity index (χ1v) is 8.31. The Morgan fingerprint density at radius 2 is 1.76 bits per heavy atom. The number of guanidine groups is 1. The Bertz CT molecular complexity index is 620. The van der Waals surface area contributed by atoms with E-state index in [-0.39, 0.29) is 23.9 Å². The lowest BCUT2D eigenvalue weighted by Crippen LogP contribution is -2.48. The highest BCUT2D eigenvalue weighted by Crippen LogP contribution is 2.03. The van der Waals surface area contributed by atoms with Crippen LogP contribution in [0.2, 0.25) is 0 Å². The molecule has 0 aliphatic rings. The first-order chi connectivity index (χ1) is 11.7. The van der Waals surface area contributed by atoms with Crippen molar-refractivity contribution in [3.05, 3.63) is 35.4 Å². The van der Waals surface area contributed by atoms with E-state index in [0.29, 0.717) is 24.6 Å². The van der Waals surface area contributed by atoms with E-state index < -0.39 is 0 Å². The first-order valence-electron chi connectivity index (χ1n) is 8.31. The summed E-state index contributed by atoms with van der Waals surface area (Å²) >= 11 is 0. The molecule has 0 aromatic heterocycles. The molecule has 138 valence electrons. The van der Waals surface area contributed by atoms with Crippen LogP contribution in [0.1, 0.15) is 36.7 Å². The van der Waals surface area contributed by atoms with Crippen molar-refractivity contribution in [1.29, 1.82) is 0 Å². The lowest BCUT2D eigenvalue weighted by molar-refractivity contribution is -0.121. The fourth-order valence-electron chi connectivity index (χ4n) is 2.09. The predicted molar refractivity (Wildman–Crippen MR) is 101 cm³/mol. The maximum atomic E-state index is 12.0. The highest BCUT2D eigenvalue weighted by atomic mass is 16.2. The predicted octanol–water partition coefficient (Wildman–Crippen LogP) is 0.805. The SMILES string of the molecule is CN=C(NCCNC(=O)c1cccc(C)c1)NCC(=O)NC(C)(C)C. The van der Waals surface area contributed by atoms with Gasteiger partial charge in [0.25, 0.3) is 5.91 Å². The summed E-state index contributed by atoms with van der Waals surface area (Å²) < 4.78 is 0. The maximum absolute atomic E-state index is 12.0. The van der Waals surface area contributed by atoms with Gasteiger partial charge in [-0.25, -0.2) is 0 Å². The number of benzene rings is 1. The van der Waals surface area contributed by atoms with Gasteiger partial charge in [-0.1, -0.05) is 17.7 Å². The van der Waals surface area contributed by atoms with E-state index in [1.165, 1.54) is 0 Å². The van der Waals surface area contributed by atoms with Crippen LogP contribution in [0.5, 0.6) is 0 Å². The van der Waals surface area contributed by atoms with Crippen LogP contribution in [0.3, 0.4) is 0 Å². The van der Waals surface area contributed by atoms with E-state index in [4.69, 9.17) is 0 Å². The molecule has 1 aromatic carbocycles. The van der Waals surface area contributed by atoms with E-state index in [2.05, 4.69) is 26.3 Å². The van der Waals surface area contributed by atoms with Crippen LogP contribution < -0.4 is 21.3 Å². The molecule has 25 heavy (non-hydrogen) atoms. The molecule has 0 fully saturated rings. The molecular formula is C18H29N5O2. The van der Waals surface area contributed by atoms with Crippen molar-refractivity contribution in [2.75, 3.05) is 26.7 Å². The zero-order chi connectivity index (χ0) is 18.9. The normalized spacial score (nSPS) is 11.6. The van der Waals surface area contributed by atoms with E-state index in [0.717, 1.165) is 5.56 Å². The van der Waals surface area contributed by atoms with E-state index >= 15 is 0 Å². The fourth-order valence-corrected chi connectivity index (χ4v) is 2.09. The monoisotopic (exact) mass is 347 g/mol. The van der Waals surface area contributed by atoms with Crippen LogP contribution in [0.15, 0.2) is 29.3 Å². The van der Waals surface area contributed by atoms with Crippen molar-refractivity contribution < 1.29 is 9.59 Å². The number of amides is 2. The van der Waals surface area contributed by atoms with Crippen molar-refractivity contribution in [2.24, 2.45) is 4.99 Å². The van der Waals surface area contributed by atoms with E-state index in [9.17, 15) is 9.59 Å². The number of hydrogen-bond acceptors (Lipinski definition) is 3. The van der Waals surface area contributed by atoms with Gasteiger partial charge in [-0.15, -0.1) is 0 Å². The molecule has 0 radical (unpaired) electrons. The summed E-state index contributed by atoms with van der Waals surface area (Å²) in [6, 6.07) is 7.43. The Labute approximate surface area is 149 Å². The summed E-state index contributed by atoms with van der Waals surface area (Å²) in [5.41, 5.74) is 1.42. The Balaban J connectivity index is 2.29. The molecule has 0 spiro atoms. The number of carbonyl (C=O) groups is 2. The molecule has 0 unspecified atom stereocenters. The van der Waals surface area contributed by atoms with Gasteiger partial charge in [0.05, 0.1) is 6.54 Å². The summed E-state index contributed by atoms with van der Waals surface area (Å²) in [5.74, 6) is 0.287. The number of rotatable bonds is 6. The second-order valence-corrected chi connectivity index (χ2v) is 6.78. The van der Waals surface area contributed by atoms with Crippen LogP contribution in [0.4, 0.5) is 0 Å². The number of nitrogens with zero attached hydrogens (tertiary/aromatic N) is 1. The average molecular weight is 347 g/mol. The van der Waals surface area contributed by atoms with Crippen LogP contribution in [0, 0.1) is 6.92 Å². The van der Waals surface area contributed by atoms with Crippen molar-refractivity contribution in [2.45, 2.75) is 33.2 Å². The third kappa shape index (κ3) is 8.74. The molecule has 0 aliphatic carbocycles. The van der Waals surface area contributed by atoms with Crippen molar-refractivity contribution in [3.8, 4) is 0 Å². The molecule has 0 atom stereocenters. The summed E-state index contributed by atoms with van der Waals surface area (Å²) in [6.45, 7) is 8.80. The molecule has 4 N–H and O–H groups in total. The highest BCUT2D eigenvalue weighted by Gasteiger charge is 2.13. The largest absolute Gasteiger partial charge is 0.355 e. The topological polar surface area (TPSA) is 94.6 Å². The quantitative estimate of drug-likeness (QED) is 0.348. The van der Waals surface area contributed by atoms with Gasteiger partial charge >= 0.3 is 0 Å². The molecule has 1 aromatic rings. The molecule has 7 heteroatoms. The zero-order valence-electron chi connectivity index (χ0n) is 15.7. The lowest BCUT2D eigenvalue weighted by atomic mass is 10.1. The van der Waals surface area contributed by atoms with Gasteiger partial charge < -0.3 is 21.3 Å². The standard InChI is InChI=1S/C18H29N5O2/c1-13-7-6-8-14(11-13)16(25)20-9-10-21-17(19-5)22-12-15(24)23-18(2,3)4/h6-8,11H,9-10,12H2,1-5H3,(H,20,25)(H,23,24)(H2,19,21,22). The number of hydrogen-bond donors (Lipinski definition) is 4. The molecule has 2 amide bonds. The molecule has 0 saturated carbocycles. The molecule has 0 bridgehead atoms. The summed E-state index contributed by atoms with van der Waals surface area (Å²) in [6.07, 6.45) is 0. The van der Waals surface area contributed by atoms with Crippen molar-refractivity contribution >= 4 is 17.8 Å². The molecular weight excluding hydrogens is 318 g/mol. The minimum absolute atomic E-state index is 0.108. The third-order valence-corrected chi connectivity index (χ3v) is 3.14. The van der Waals surface area contributed by atoms with Crippen molar-refractivity contribution in [1.82, 2.24) is 21.3 Å². The minimum atomic E-state index is -0.268. The van der Waals surface area contributed by atoms with Gasteiger partial charge in [-0.3, -0.25) is 14.6 Å². The van der Waals surface area contributed by atoms with Crippen LogP contribution in [-0.2, 0) is 4.79 Å². The average Bonchev–Trinajstić information content (AvgIpc) is 2.52. The number of aliphatic imine (C=N–C) groups is 1. The number of aryl methyl sites for hydroxylation is 1. The Hall–Kier alpha value is -2.57. The second-order valence-electron chi connectivity index (χ2n) is 6.78. The Morgan fingerprint density at radius 1 is 1.08 bits per heavy atom. The summed E-state index contributed by atoms with van der Waals surface area (Å²) in [5, 5.41) is 11.7. The highest BCUT2D eigenvalue weighted by molar-refractivity contribution is 5.94. The number of nitrogens with one attached hydrogen (secondary N) is 4. The third-order valence-electron chi connectivity index (χ3n) is 3.14. The van der Waals surface area contributed by atoms with Crippen LogP contribution in [0.25, 0.3) is 0 Å². The smallest absolute Gasteiger partial charge is 0.251 e. The second kappa shape index (κ2) is 9.66. The summed E-state index contributed by atoms with van der Waals surface area (Å²) in [7, 11) is 1.63. The maximum Gasteiger partial charge on any atom is 0.251 e. The summed E-state index contributed by atoms with van der Waals surface area (Å²) in [4.78, 5) is 27.8. The van der Waals surface area contributed by atoms with Gasteiger partial charge in [0.2, 0.25) is 5.91 Å². The van der Waals surface area contributed by atoms with Crippen LogP contribution in [-0.4, -0.2) is 50.0 Å². The molecule has 0 heterocycles. The van der Waals surface area contributed by atoms with Gasteiger partial charge in [0, 0.05) is 31.2 Å². The fraction of sp³-hybridized carbons (Fsp3) is 0.500. The molecule has 0 aliphatic heterocycles. The number of carbonyl (C=O) groups excluding carboxylic acids is 2.